The van der Waals surface area contributed by atoms with Gasteiger partial charge in [0, 0.05) is 25.7 Å². The molecular weight excluding hydrogens is 244 g/mol. The molecule has 1 fully saturated rings. The molecule has 2 nitrogen and oxygen atoms in total. The lowest BCUT2D eigenvalue weighted by molar-refractivity contribution is 0.215. The van der Waals surface area contributed by atoms with E-state index >= 15 is 0 Å². The molecule has 2 rings (SSSR count). The van der Waals surface area contributed by atoms with Gasteiger partial charge in [0.2, 0.25) is 0 Å². The van der Waals surface area contributed by atoms with Crippen LogP contribution in [-0.4, -0.2) is 30.6 Å². The van der Waals surface area contributed by atoms with E-state index in [4.69, 9.17) is 0 Å². The number of hydrogen-bond acceptors (Lipinski definition) is 2. The van der Waals surface area contributed by atoms with Crippen LogP contribution < -0.4 is 5.32 Å². The van der Waals surface area contributed by atoms with Gasteiger partial charge in [0.15, 0.2) is 0 Å². The van der Waals surface area contributed by atoms with Gasteiger partial charge in [-0.05, 0) is 55.8 Å². The Balaban J connectivity index is 2.06. The molecule has 0 bridgehead atoms. The zero-order valence-corrected chi connectivity index (χ0v) is 13.6. The van der Waals surface area contributed by atoms with Crippen LogP contribution in [0.1, 0.15) is 43.4 Å². The summed E-state index contributed by atoms with van der Waals surface area (Å²) in [5.41, 5.74) is 4.38. The van der Waals surface area contributed by atoms with E-state index in [0.29, 0.717) is 6.04 Å². The third-order valence-corrected chi connectivity index (χ3v) is 4.29. The summed E-state index contributed by atoms with van der Waals surface area (Å²) in [6, 6.07) is 7.34. The van der Waals surface area contributed by atoms with Gasteiger partial charge in [0.05, 0.1) is 0 Å². The maximum atomic E-state index is 3.63. The van der Waals surface area contributed by atoms with Crippen LogP contribution in [0.4, 0.5) is 0 Å². The summed E-state index contributed by atoms with van der Waals surface area (Å²) in [5.74, 6) is 0.723. The van der Waals surface area contributed by atoms with E-state index in [9.17, 15) is 0 Å². The molecule has 20 heavy (non-hydrogen) atoms. The molecule has 1 N–H and O–H groups in total. The lowest BCUT2D eigenvalue weighted by Gasteiger charge is -2.28. The predicted octanol–water partition coefficient (Wildman–Crippen LogP) is 3.51. The van der Waals surface area contributed by atoms with Crippen LogP contribution in [0, 0.1) is 19.8 Å². The van der Waals surface area contributed by atoms with Crippen molar-refractivity contribution in [3.05, 3.63) is 34.9 Å². The Bertz CT molecular complexity index is 399. The Kier molecular flexibility index (Phi) is 5.62. The van der Waals surface area contributed by atoms with Crippen LogP contribution in [0.15, 0.2) is 18.2 Å². The number of nitrogens with zero attached hydrogens (tertiary/aromatic N) is 1. The first-order chi connectivity index (χ1) is 9.56. The second-order valence-electron chi connectivity index (χ2n) is 6.75. The number of nitrogens with one attached hydrogen (secondary N) is 1. The van der Waals surface area contributed by atoms with Crippen molar-refractivity contribution >= 4 is 0 Å². The first-order valence-electron chi connectivity index (χ1n) is 8.07. The van der Waals surface area contributed by atoms with Gasteiger partial charge in [0.25, 0.3) is 0 Å². The molecule has 2 heteroatoms. The van der Waals surface area contributed by atoms with E-state index in [1.807, 2.05) is 0 Å². The Labute approximate surface area is 124 Å². The van der Waals surface area contributed by atoms with Crippen molar-refractivity contribution in [3.63, 3.8) is 0 Å². The van der Waals surface area contributed by atoms with Gasteiger partial charge in [-0.15, -0.1) is 0 Å². The van der Waals surface area contributed by atoms with Crippen molar-refractivity contribution in [1.82, 2.24) is 10.2 Å². The average molecular weight is 274 g/mol. The molecule has 1 aliphatic rings. The largest absolute Gasteiger partial charge is 0.313 e. The minimum atomic E-state index is 0.693. The van der Waals surface area contributed by atoms with Gasteiger partial charge in [0.1, 0.15) is 0 Å². The van der Waals surface area contributed by atoms with Crippen molar-refractivity contribution in [2.75, 3.05) is 19.6 Å². The SMILES string of the molecule is Cc1cccc(C)c1CN(CC(C)C)CC1CCCN1. The fraction of sp³-hybridized carbons (Fsp3) is 0.667. The second kappa shape index (κ2) is 7.24. The van der Waals surface area contributed by atoms with Crippen molar-refractivity contribution in [3.8, 4) is 0 Å². The molecule has 0 spiro atoms. The standard InChI is InChI=1S/C18H30N2/c1-14(2)11-20(12-17-9-6-10-19-17)13-18-15(3)7-5-8-16(18)4/h5,7-8,14,17,19H,6,9-13H2,1-4H3. The van der Waals surface area contributed by atoms with Gasteiger partial charge in [-0.2, -0.15) is 0 Å². The van der Waals surface area contributed by atoms with Gasteiger partial charge in [-0.25, -0.2) is 0 Å². The highest BCUT2D eigenvalue weighted by Gasteiger charge is 2.19. The molecule has 1 heterocycles. The Morgan fingerprint density at radius 1 is 1.25 bits per heavy atom. The second-order valence-corrected chi connectivity index (χ2v) is 6.75. The number of benzene rings is 1. The van der Waals surface area contributed by atoms with Crippen LogP contribution in [0.2, 0.25) is 0 Å². The Morgan fingerprint density at radius 3 is 2.50 bits per heavy atom. The summed E-state index contributed by atoms with van der Waals surface area (Å²) in [7, 11) is 0. The van der Waals surface area contributed by atoms with Crippen LogP contribution in [0.25, 0.3) is 0 Å². The molecule has 0 aliphatic carbocycles. The van der Waals surface area contributed by atoms with Crippen molar-refractivity contribution in [2.24, 2.45) is 5.92 Å². The van der Waals surface area contributed by atoms with Gasteiger partial charge >= 0.3 is 0 Å². The lowest BCUT2D eigenvalue weighted by Crippen LogP contribution is -2.39. The van der Waals surface area contributed by atoms with E-state index in [2.05, 4.69) is 56.1 Å². The molecule has 1 aromatic rings. The zero-order valence-electron chi connectivity index (χ0n) is 13.6. The number of hydrogen-bond donors (Lipinski definition) is 1. The number of rotatable bonds is 6. The van der Waals surface area contributed by atoms with Crippen LogP contribution in [-0.2, 0) is 6.54 Å². The van der Waals surface area contributed by atoms with Gasteiger partial charge < -0.3 is 5.32 Å². The molecule has 112 valence electrons. The molecular formula is C18H30N2. The Hall–Kier alpha value is -0.860. The van der Waals surface area contributed by atoms with E-state index in [0.717, 1.165) is 12.5 Å². The molecule has 1 unspecified atom stereocenters. The highest BCUT2D eigenvalue weighted by atomic mass is 15.2. The van der Waals surface area contributed by atoms with Crippen molar-refractivity contribution in [1.29, 1.82) is 0 Å². The molecule has 1 aromatic carbocycles. The average Bonchev–Trinajstić information content (AvgIpc) is 2.86. The van der Waals surface area contributed by atoms with Crippen LogP contribution >= 0.6 is 0 Å². The molecule has 1 atom stereocenters. The summed E-state index contributed by atoms with van der Waals surface area (Å²) < 4.78 is 0. The fourth-order valence-electron chi connectivity index (χ4n) is 3.27. The zero-order chi connectivity index (χ0) is 14.5. The normalized spacial score (nSPS) is 19.2. The monoisotopic (exact) mass is 274 g/mol. The highest BCUT2D eigenvalue weighted by molar-refractivity contribution is 5.33. The maximum absolute atomic E-state index is 3.63. The van der Waals surface area contributed by atoms with Gasteiger partial charge in [-0.3, -0.25) is 4.90 Å². The fourth-order valence-corrected chi connectivity index (χ4v) is 3.27. The summed E-state index contributed by atoms with van der Waals surface area (Å²) in [4.78, 5) is 2.64. The summed E-state index contributed by atoms with van der Waals surface area (Å²) >= 11 is 0. The van der Waals surface area contributed by atoms with E-state index in [-0.39, 0.29) is 0 Å². The molecule has 0 saturated carbocycles. The molecule has 1 saturated heterocycles. The third-order valence-electron chi connectivity index (χ3n) is 4.29. The molecule has 0 amide bonds. The quantitative estimate of drug-likeness (QED) is 0.854. The smallest absolute Gasteiger partial charge is 0.0239 e. The van der Waals surface area contributed by atoms with Gasteiger partial charge in [-0.1, -0.05) is 32.0 Å². The summed E-state index contributed by atoms with van der Waals surface area (Å²) in [5, 5.41) is 3.63. The van der Waals surface area contributed by atoms with Crippen molar-refractivity contribution < 1.29 is 0 Å². The number of aryl methyl sites for hydroxylation is 2. The van der Waals surface area contributed by atoms with E-state index < -0.39 is 0 Å². The highest BCUT2D eigenvalue weighted by Crippen LogP contribution is 2.18. The predicted molar refractivity (Wildman–Crippen MR) is 87.1 cm³/mol. The lowest BCUT2D eigenvalue weighted by atomic mass is 10.0. The maximum Gasteiger partial charge on any atom is 0.0239 e. The molecule has 0 radical (unpaired) electrons. The third kappa shape index (κ3) is 4.32. The first-order valence-corrected chi connectivity index (χ1v) is 8.07. The molecule has 1 aliphatic heterocycles. The topological polar surface area (TPSA) is 15.3 Å². The summed E-state index contributed by atoms with van der Waals surface area (Å²) in [6.07, 6.45) is 2.67. The first kappa shape index (κ1) is 15.5. The van der Waals surface area contributed by atoms with Crippen LogP contribution in [0.5, 0.6) is 0 Å². The Morgan fingerprint density at radius 2 is 1.95 bits per heavy atom. The minimum Gasteiger partial charge on any atom is -0.313 e. The van der Waals surface area contributed by atoms with E-state index in [1.54, 1.807) is 0 Å². The summed E-state index contributed by atoms with van der Waals surface area (Å²) in [6.45, 7) is 13.8. The van der Waals surface area contributed by atoms with E-state index in [1.165, 1.54) is 49.2 Å². The van der Waals surface area contributed by atoms with Crippen LogP contribution in [0.3, 0.4) is 0 Å². The molecule has 0 aromatic heterocycles. The minimum absolute atomic E-state index is 0.693. The van der Waals surface area contributed by atoms with Crippen molar-refractivity contribution in [2.45, 2.75) is 53.1 Å².